The Morgan fingerprint density at radius 1 is 0.968 bits per heavy atom. The number of halogens is 1. The van der Waals surface area contributed by atoms with E-state index in [2.05, 4.69) is 15.0 Å². The van der Waals surface area contributed by atoms with Crippen LogP contribution in [0.25, 0.3) is 50.3 Å². The van der Waals surface area contributed by atoms with Gasteiger partial charge in [-0.15, -0.1) is 0 Å². The molecule has 0 aliphatic heterocycles. The zero-order valence-corrected chi connectivity index (χ0v) is 17.4. The molecule has 31 heavy (non-hydrogen) atoms. The Morgan fingerprint density at radius 3 is 2.61 bits per heavy atom. The molecule has 8 nitrogen and oxygen atoms in total. The van der Waals surface area contributed by atoms with Crippen LogP contribution in [0.3, 0.4) is 0 Å². The third-order valence-electron chi connectivity index (χ3n) is 5.68. The molecule has 6 aromatic rings. The van der Waals surface area contributed by atoms with E-state index in [9.17, 15) is 4.79 Å². The van der Waals surface area contributed by atoms with Crippen molar-refractivity contribution in [3.63, 3.8) is 0 Å². The van der Waals surface area contributed by atoms with Crippen molar-refractivity contribution in [1.82, 2.24) is 33.6 Å². The zero-order valence-electron chi connectivity index (χ0n) is 16.7. The van der Waals surface area contributed by atoms with E-state index in [1.165, 1.54) is 6.33 Å². The molecule has 0 radical (unpaired) electrons. The Labute approximate surface area is 180 Å². The quantitative estimate of drug-likeness (QED) is 0.424. The minimum absolute atomic E-state index is 0.0798. The SMILES string of the molecule is Cn1c(=O)n(C)c2cc(-n3c(-c4cc5ccccc5[nH]4)nc4c(Cl)ncnc43)ccc21. The number of benzene rings is 2. The van der Waals surface area contributed by atoms with Crippen LogP contribution >= 0.6 is 11.6 Å². The average Bonchev–Trinajstić information content (AvgIpc) is 3.44. The van der Waals surface area contributed by atoms with Crippen molar-refractivity contribution in [3.05, 3.63) is 70.5 Å². The third-order valence-corrected chi connectivity index (χ3v) is 5.96. The Kier molecular flexibility index (Phi) is 3.63. The fourth-order valence-electron chi connectivity index (χ4n) is 4.12. The standard InChI is InChI=1S/C22H16ClN7O/c1-28-16-8-7-13(10-17(16)29(2)22(28)31)30-20(27-18-19(23)24-11-25-21(18)30)15-9-12-5-3-4-6-14(12)26-15/h3-11,26H,1-2H3. The van der Waals surface area contributed by atoms with Crippen LogP contribution in [0.4, 0.5) is 0 Å². The van der Waals surface area contributed by atoms with Crippen LogP contribution in [-0.2, 0) is 14.1 Å². The molecule has 0 aliphatic carbocycles. The summed E-state index contributed by atoms with van der Waals surface area (Å²) in [6, 6.07) is 15.9. The highest BCUT2D eigenvalue weighted by Gasteiger charge is 2.20. The lowest BCUT2D eigenvalue weighted by molar-refractivity contribution is 0.795. The largest absolute Gasteiger partial charge is 0.352 e. The van der Waals surface area contributed by atoms with Crippen molar-refractivity contribution in [2.45, 2.75) is 0 Å². The third kappa shape index (κ3) is 2.48. The van der Waals surface area contributed by atoms with Crippen molar-refractivity contribution in [2.24, 2.45) is 14.1 Å². The van der Waals surface area contributed by atoms with E-state index in [0.717, 1.165) is 33.3 Å². The van der Waals surface area contributed by atoms with Gasteiger partial charge in [0.25, 0.3) is 0 Å². The molecular formula is C22H16ClN7O. The predicted molar refractivity (Wildman–Crippen MR) is 121 cm³/mol. The van der Waals surface area contributed by atoms with E-state index in [4.69, 9.17) is 16.6 Å². The van der Waals surface area contributed by atoms with Gasteiger partial charge in [0, 0.05) is 25.0 Å². The van der Waals surface area contributed by atoms with Crippen LogP contribution in [0.1, 0.15) is 0 Å². The van der Waals surface area contributed by atoms with Crippen molar-refractivity contribution in [2.75, 3.05) is 0 Å². The zero-order chi connectivity index (χ0) is 21.3. The molecule has 2 aromatic carbocycles. The van der Waals surface area contributed by atoms with Gasteiger partial charge >= 0.3 is 5.69 Å². The minimum Gasteiger partial charge on any atom is -0.352 e. The predicted octanol–water partition coefficient (Wildman–Crippen LogP) is 3.81. The van der Waals surface area contributed by atoms with Gasteiger partial charge in [-0.1, -0.05) is 29.8 Å². The first-order valence-electron chi connectivity index (χ1n) is 9.66. The van der Waals surface area contributed by atoms with E-state index < -0.39 is 0 Å². The van der Waals surface area contributed by atoms with Crippen LogP contribution in [-0.4, -0.2) is 33.6 Å². The van der Waals surface area contributed by atoms with Gasteiger partial charge in [0.05, 0.1) is 22.4 Å². The normalized spacial score (nSPS) is 11.8. The summed E-state index contributed by atoms with van der Waals surface area (Å²) in [4.78, 5) is 29.2. The van der Waals surface area contributed by atoms with E-state index in [-0.39, 0.29) is 10.8 Å². The number of para-hydroxylation sites is 1. The summed E-state index contributed by atoms with van der Waals surface area (Å²) in [5, 5.41) is 1.36. The van der Waals surface area contributed by atoms with Gasteiger partial charge in [-0.3, -0.25) is 13.7 Å². The molecular weight excluding hydrogens is 414 g/mol. The molecule has 0 bridgehead atoms. The van der Waals surface area contributed by atoms with E-state index >= 15 is 0 Å². The minimum atomic E-state index is -0.0798. The number of aromatic amines is 1. The second-order valence-electron chi connectivity index (χ2n) is 7.45. The highest BCUT2D eigenvalue weighted by Crippen LogP contribution is 2.32. The molecule has 1 N–H and O–H groups in total. The van der Waals surface area contributed by atoms with Gasteiger partial charge < -0.3 is 4.98 Å². The maximum Gasteiger partial charge on any atom is 0.328 e. The average molecular weight is 430 g/mol. The molecule has 152 valence electrons. The van der Waals surface area contributed by atoms with Gasteiger partial charge in [-0.05, 0) is 30.3 Å². The molecule has 6 rings (SSSR count). The molecule has 4 heterocycles. The number of aromatic nitrogens is 7. The molecule has 0 saturated heterocycles. The smallest absolute Gasteiger partial charge is 0.328 e. The van der Waals surface area contributed by atoms with Crippen LogP contribution in [0.15, 0.2) is 59.7 Å². The number of H-pyrrole nitrogens is 1. The summed E-state index contributed by atoms with van der Waals surface area (Å²) < 4.78 is 5.19. The van der Waals surface area contributed by atoms with Crippen molar-refractivity contribution in [1.29, 1.82) is 0 Å². The maximum atomic E-state index is 12.4. The van der Waals surface area contributed by atoms with Gasteiger partial charge in [-0.2, -0.15) is 0 Å². The molecule has 0 unspecified atom stereocenters. The molecule has 4 aromatic heterocycles. The lowest BCUT2D eigenvalue weighted by Gasteiger charge is -2.09. The van der Waals surface area contributed by atoms with Gasteiger partial charge in [0.1, 0.15) is 11.8 Å². The second kappa shape index (κ2) is 6.29. The summed E-state index contributed by atoms with van der Waals surface area (Å²) in [5.41, 5.74) is 5.35. The molecule has 0 saturated carbocycles. The number of nitrogens with one attached hydrogen (secondary N) is 1. The van der Waals surface area contributed by atoms with Crippen LogP contribution in [0.2, 0.25) is 5.15 Å². The number of imidazole rings is 2. The van der Waals surface area contributed by atoms with Crippen molar-refractivity contribution < 1.29 is 0 Å². The molecule has 9 heteroatoms. The highest BCUT2D eigenvalue weighted by molar-refractivity contribution is 6.33. The molecule has 0 aliphatic rings. The lowest BCUT2D eigenvalue weighted by Crippen LogP contribution is -2.19. The first kappa shape index (κ1) is 17.9. The highest BCUT2D eigenvalue weighted by atomic mass is 35.5. The molecule has 0 fully saturated rings. The van der Waals surface area contributed by atoms with E-state index in [1.54, 1.807) is 23.2 Å². The second-order valence-corrected chi connectivity index (χ2v) is 7.81. The number of hydrogen-bond acceptors (Lipinski definition) is 4. The Balaban J connectivity index is 1.70. The summed E-state index contributed by atoms with van der Waals surface area (Å²) in [7, 11) is 3.53. The van der Waals surface area contributed by atoms with Crippen molar-refractivity contribution in [3.8, 4) is 17.2 Å². The number of hydrogen-bond donors (Lipinski definition) is 1. The number of nitrogens with zero attached hydrogens (tertiary/aromatic N) is 6. The van der Waals surface area contributed by atoms with Crippen molar-refractivity contribution >= 4 is 44.7 Å². The topological polar surface area (TPSA) is 86.3 Å². The number of aryl methyl sites for hydroxylation is 2. The van der Waals surface area contributed by atoms with Crippen LogP contribution < -0.4 is 5.69 Å². The Hall–Kier alpha value is -3.91. The van der Waals surface area contributed by atoms with Gasteiger partial charge in [0.15, 0.2) is 16.6 Å². The first-order valence-corrected chi connectivity index (χ1v) is 10.0. The number of fused-ring (bicyclic) bond motifs is 3. The van der Waals surface area contributed by atoms with E-state index in [0.29, 0.717) is 17.0 Å². The van der Waals surface area contributed by atoms with Gasteiger partial charge in [-0.25, -0.2) is 19.7 Å². The Bertz CT molecular complexity index is 1670. The summed E-state index contributed by atoms with van der Waals surface area (Å²) in [5.74, 6) is 0.661. The van der Waals surface area contributed by atoms with Crippen LogP contribution in [0.5, 0.6) is 0 Å². The summed E-state index contributed by atoms with van der Waals surface area (Å²) in [6.07, 6.45) is 1.43. The molecule has 0 atom stereocenters. The molecule has 0 amide bonds. The fourth-order valence-corrected chi connectivity index (χ4v) is 4.29. The van der Waals surface area contributed by atoms with Crippen LogP contribution in [0, 0.1) is 0 Å². The summed E-state index contributed by atoms with van der Waals surface area (Å²) >= 11 is 6.35. The van der Waals surface area contributed by atoms with E-state index in [1.807, 2.05) is 53.1 Å². The fraction of sp³-hybridized carbons (Fsp3) is 0.0909. The first-order chi connectivity index (χ1) is 15.0. The van der Waals surface area contributed by atoms with Gasteiger partial charge in [0.2, 0.25) is 0 Å². The molecule has 0 spiro atoms. The monoisotopic (exact) mass is 429 g/mol. The summed E-state index contributed by atoms with van der Waals surface area (Å²) in [6.45, 7) is 0. The lowest BCUT2D eigenvalue weighted by atomic mass is 10.2. The Morgan fingerprint density at radius 2 is 1.77 bits per heavy atom. The number of rotatable bonds is 2. The maximum absolute atomic E-state index is 12.4.